The van der Waals surface area contributed by atoms with Gasteiger partial charge < -0.3 is 5.11 Å². The van der Waals surface area contributed by atoms with Crippen LogP contribution in [0.4, 0.5) is 4.39 Å². The van der Waals surface area contributed by atoms with E-state index in [0.29, 0.717) is 18.0 Å². The smallest absolute Gasteiger partial charge is 0.124 e. The summed E-state index contributed by atoms with van der Waals surface area (Å²) in [5.41, 5.74) is 1.14. The lowest BCUT2D eigenvalue weighted by atomic mass is 10.0. The van der Waals surface area contributed by atoms with Crippen molar-refractivity contribution in [3.05, 3.63) is 35.1 Å². The zero-order chi connectivity index (χ0) is 13.1. The Labute approximate surface area is 106 Å². The zero-order valence-electron chi connectivity index (χ0n) is 10.4. The summed E-state index contributed by atoms with van der Waals surface area (Å²) in [5.74, 6) is 0.0795. The average molecular weight is 248 g/mol. The van der Waals surface area contributed by atoms with Gasteiger partial charge in [0.1, 0.15) is 5.82 Å². The van der Waals surface area contributed by atoms with Crippen LogP contribution in [0.1, 0.15) is 24.5 Å². The van der Waals surface area contributed by atoms with Gasteiger partial charge in [-0.25, -0.2) is 4.39 Å². The third-order valence-corrected chi connectivity index (χ3v) is 3.66. The molecule has 2 unspecified atom stereocenters. The molecule has 3 nitrogen and oxygen atoms in total. The highest BCUT2D eigenvalue weighted by Crippen LogP contribution is 2.25. The fourth-order valence-corrected chi connectivity index (χ4v) is 2.62. The van der Waals surface area contributed by atoms with Gasteiger partial charge in [-0.1, -0.05) is 6.92 Å². The lowest BCUT2D eigenvalue weighted by molar-refractivity contribution is 0.134. The first-order chi connectivity index (χ1) is 8.63. The van der Waals surface area contributed by atoms with Crippen molar-refractivity contribution in [3.8, 4) is 6.07 Å². The number of benzene rings is 1. The summed E-state index contributed by atoms with van der Waals surface area (Å²) in [6.45, 7) is 3.74. The van der Waals surface area contributed by atoms with Crippen LogP contribution < -0.4 is 0 Å². The maximum absolute atomic E-state index is 13.3. The van der Waals surface area contributed by atoms with Crippen LogP contribution in [0.5, 0.6) is 0 Å². The summed E-state index contributed by atoms with van der Waals surface area (Å²) in [4.78, 5) is 2.15. The van der Waals surface area contributed by atoms with E-state index >= 15 is 0 Å². The molecular weight excluding hydrogens is 231 g/mol. The van der Waals surface area contributed by atoms with Gasteiger partial charge >= 0.3 is 0 Å². The molecule has 1 aromatic carbocycles. The highest BCUT2D eigenvalue weighted by molar-refractivity contribution is 5.33. The van der Waals surface area contributed by atoms with Crippen molar-refractivity contribution >= 4 is 0 Å². The van der Waals surface area contributed by atoms with Crippen molar-refractivity contribution in [1.82, 2.24) is 4.90 Å². The molecule has 0 aromatic heterocycles. The van der Waals surface area contributed by atoms with Crippen molar-refractivity contribution in [2.75, 3.05) is 13.2 Å². The highest BCUT2D eigenvalue weighted by Gasteiger charge is 2.30. The normalized spacial score (nSPS) is 24.1. The van der Waals surface area contributed by atoms with E-state index in [2.05, 4.69) is 11.8 Å². The van der Waals surface area contributed by atoms with Crippen molar-refractivity contribution in [1.29, 1.82) is 5.26 Å². The van der Waals surface area contributed by atoms with Crippen LogP contribution in [-0.4, -0.2) is 29.2 Å². The van der Waals surface area contributed by atoms with Crippen LogP contribution in [0.25, 0.3) is 0 Å². The molecule has 2 atom stereocenters. The second-order valence-electron chi connectivity index (χ2n) is 4.95. The number of hydrogen-bond acceptors (Lipinski definition) is 3. The van der Waals surface area contributed by atoms with Gasteiger partial charge in [0, 0.05) is 12.6 Å². The van der Waals surface area contributed by atoms with Gasteiger partial charge in [0.2, 0.25) is 0 Å². The quantitative estimate of drug-likeness (QED) is 0.888. The fraction of sp³-hybridized carbons (Fsp3) is 0.500. The Morgan fingerprint density at radius 3 is 2.94 bits per heavy atom. The molecule has 1 saturated heterocycles. The maximum Gasteiger partial charge on any atom is 0.124 e. The third-order valence-electron chi connectivity index (χ3n) is 3.66. The van der Waals surface area contributed by atoms with Gasteiger partial charge in [-0.15, -0.1) is 0 Å². The van der Waals surface area contributed by atoms with Gasteiger partial charge in [-0.3, -0.25) is 4.90 Å². The molecule has 1 aromatic rings. The molecule has 0 aliphatic carbocycles. The van der Waals surface area contributed by atoms with Crippen LogP contribution in [0.2, 0.25) is 0 Å². The lowest BCUT2D eigenvalue weighted by Gasteiger charge is -2.25. The highest BCUT2D eigenvalue weighted by atomic mass is 19.1. The van der Waals surface area contributed by atoms with Crippen molar-refractivity contribution in [2.24, 2.45) is 5.92 Å². The summed E-state index contributed by atoms with van der Waals surface area (Å²) >= 11 is 0. The van der Waals surface area contributed by atoms with Crippen molar-refractivity contribution < 1.29 is 9.50 Å². The molecule has 1 aliphatic heterocycles. The van der Waals surface area contributed by atoms with Crippen molar-refractivity contribution in [3.63, 3.8) is 0 Å². The number of aliphatic hydroxyl groups excluding tert-OH is 1. The zero-order valence-corrected chi connectivity index (χ0v) is 10.4. The summed E-state index contributed by atoms with van der Waals surface area (Å²) < 4.78 is 13.3. The largest absolute Gasteiger partial charge is 0.395 e. The van der Waals surface area contributed by atoms with Gasteiger partial charge in [0.25, 0.3) is 0 Å². The summed E-state index contributed by atoms with van der Waals surface area (Å²) in [6.07, 6.45) is 1.05. The third kappa shape index (κ3) is 2.69. The average Bonchev–Trinajstić information content (AvgIpc) is 2.69. The molecule has 1 aliphatic rings. The van der Waals surface area contributed by atoms with Gasteiger partial charge in [0.15, 0.2) is 0 Å². The lowest BCUT2D eigenvalue weighted by Crippen LogP contribution is -2.34. The van der Waals surface area contributed by atoms with E-state index in [9.17, 15) is 9.50 Å². The Morgan fingerprint density at radius 2 is 2.28 bits per heavy atom. The number of aliphatic hydroxyl groups is 1. The van der Waals surface area contributed by atoms with Gasteiger partial charge in [-0.2, -0.15) is 5.26 Å². The monoisotopic (exact) mass is 248 g/mol. The Morgan fingerprint density at radius 1 is 1.50 bits per heavy atom. The Balaban J connectivity index is 2.14. The molecule has 0 saturated carbocycles. The minimum Gasteiger partial charge on any atom is -0.395 e. The van der Waals surface area contributed by atoms with Crippen LogP contribution in [0.15, 0.2) is 18.2 Å². The Kier molecular flexibility index (Phi) is 3.95. The minimum atomic E-state index is -0.378. The molecule has 0 bridgehead atoms. The summed E-state index contributed by atoms with van der Waals surface area (Å²) in [7, 11) is 0. The number of likely N-dealkylation sites (tertiary alicyclic amines) is 1. The number of hydrogen-bond donors (Lipinski definition) is 1. The van der Waals surface area contributed by atoms with E-state index in [1.165, 1.54) is 12.1 Å². The van der Waals surface area contributed by atoms with Crippen molar-refractivity contribution in [2.45, 2.75) is 25.9 Å². The second kappa shape index (κ2) is 5.47. The molecule has 18 heavy (non-hydrogen) atoms. The molecule has 4 heteroatoms. The van der Waals surface area contributed by atoms with Crippen LogP contribution >= 0.6 is 0 Å². The van der Waals surface area contributed by atoms with Crippen LogP contribution in [0, 0.1) is 23.1 Å². The van der Waals surface area contributed by atoms with E-state index in [0.717, 1.165) is 18.5 Å². The standard InChI is InChI=1S/C14H17FN2O/c1-10-2-3-17(14(10)9-18)8-12-4-11(7-16)5-13(15)6-12/h4-6,10,14,18H,2-3,8-9H2,1H3. The number of rotatable bonds is 3. The number of nitrogens with zero attached hydrogens (tertiary/aromatic N) is 2. The maximum atomic E-state index is 13.3. The molecule has 0 spiro atoms. The first kappa shape index (κ1) is 13.0. The minimum absolute atomic E-state index is 0.127. The molecule has 1 heterocycles. The SMILES string of the molecule is CC1CCN(Cc2cc(F)cc(C#N)c2)C1CO. The van der Waals surface area contributed by atoms with E-state index < -0.39 is 0 Å². The van der Waals surface area contributed by atoms with Gasteiger partial charge in [0.05, 0.1) is 18.2 Å². The number of nitriles is 1. The van der Waals surface area contributed by atoms with Gasteiger partial charge in [-0.05, 0) is 42.6 Å². The van der Waals surface area contributed by atoms with Crippen LogP contribution in [-0.2, 0) is 6.54 Å². The molecule has 1 fully saturated rings. The predicted octanol–water partition coefficient (Wildman–Crippen LogP) is 1.90. The molecule has 2 rings (SSSR count). The van der Waals surface area contributed by atoms with Crippen LogP contribution in [0.3, 0.4) is 0 Å². The summed E-state index contributed by atoms with van der Waals surface area (Å²) in [6, 6.07) is 6.50. The molecule has 0 radical (unpaired) electrons. The molecular formula is C14H17FN2O. The first-order valence-electron chi connectivity index (χ1n) is 6.18. The molecule has 0 amide bonds. The topological polar surface area (TPSA) is 47.3 Å². The second-order valence-corrected chi connectivity index (χ2v) is 4.95. The van der Waals surface area contributed by atoms with E-state index in [4.69, 9.17) is 5.26 Å². The first-order valence-corrected chi connectivity index (χ1v) is 6.18. The Bertz CT molecular complexity index is 469. The van der Waals surface area contributed by atoms with E-state index in [1.807, 2.05) is 6.07 Å². The molecule has 1 N–H and O–H groups in total. The molecule has 96 valence electrons. The van der Waals surface area contributed by atoms with E-state index in [1.54, 1.807) is 6.07 Å². The fourth-order valence-electron chi connectivity index (χ4n) is 2.62. The number of halogens is 1. The predicted molar refractivity (Wildman–Crippen MR) is 66.2 cm³/mol. The summed E-state index contributed by atoms with van der Waals surface area (Å²) in [5, 5.41) is 18.2. The Hall–Kier alpha value is -1.44. The van der Waals surface area contributed by atoms with E-state index in [-0.39, 0.29) is 18.5 Å².